The second kappa shape index (κ2) is 16.8. The van der Waals surface area contributed by atoms with Gasteiger partial charge < -0.3 is 0 Å². The highest BCUT2D eigenvalue weighted by molar-refractivity contribution is 6.02. The fourth-order valence-electron chi connectivity index (χ4n) is 16.9. The van der Waals surface area contributed by atoms with Crippen molar-refractivity contribution >= 4 is 0 Å². The largest absolute Gasteiger partial charge is 0.0619 e. The quantitative estimate of drug-likeness (QED) is 0.165. The molecule has 9 aromatic rings. The summed E-state index contributed by atoms with van der Waals surface area (Å²) in [5.41, 5.74) is 34.2. The van der Waals surface area contributed by atoms with E-state index in [0.717, 1.165) is 0 Å². The standard InChI is InChI=1S/C80H82/c1-47-69(49-35-39-61-65(43-49)77(11,12)57-31-23-19-27-53(57)73(61,3)4)71(51-37-41-63-67(45-51)79(15,16)59-33-25-21-29-55(59)75(63,7)8)48(2)72(52-38-42-64-68(46-52)80(17,18)60-34-26-22-30-56(60)76(64,9)10)70(47)50-36-40-62-66(44-50)78(13,14)58-32-24-20-28-54(58)74(62,5)6/h19-46H,1-18H3. The van der Waals surface area contributed by atoms with Gasteiger partial charge in [-0.15, -0.1) is 0 Å². The Morgan fingerprint density at radius 2 is 0.312 bits per heavy atom. The third kappa shape index (κ3) is 6.87. The van der Waals surface area contributed by atoms with Crippen LogP contribution in [0, 0.1) is 13.8 Å². The molecular weight excluding hydrogens is 961 g/mol. The van der Waals surface area contributed by atoms with Crippen molar-refractivity contribution in [3.05, 3.63) is 270 Å². The van der Waals surface area contributed by atoms with Crippen LogP contribution in [0.2, 0.25) is 0 Å². The Bertz CT molecular complexity index is 3600. The van der Waals surface area contributed by atoms with Gasteiger partial charge in [0, 0.05) is 43.3 Å². The van der Waals surface area contributed by atoms with Gasteiger partial charge in [0.15, 0.2) is 0 Å². The Morgan fingerprint density at radius 1 is 0.175 bits per heavy atom. The molecule has 0 saturated carbocycles. The molecule has 0 nitrogen and oxygen atoms in total. The van der Waals surface area contributed by atoms with Crippen LogP contribution in [0.15, 0.2) is 170 Å². The fourth-order valence-corrected chi connectivity index (χ4v) is 16.9. The van der Waals surface area contributed by atoms with Crippen molar-refractivity contribution < 1.29 is 0 Å². The van der Waals surface area contributed by atoms with Gasteiger partial charge in [0.25, 0.3) is 0 Å². The van der Waals surface area contributed by atoms with E-state index < -0.39 is 0 Å². The van der Waals surface area contributed by atoms with Crippen LogP contribution in [-0.2, 0) is 43.3 Å². The Labute approximate surface area is 479 Å². The van der Waals surface area contributed by atoms with Crippen LogP contribution in [0.25, 0.3) is 44.5 Å². The number of fused-ring (bicyclic) bond motifs is 8. The topological polar surface area (TPSA) is 0 Å². The van der Waals surface area contributed by atoms with Crippen molar-refractivity contribution in [3.8, 4) is 44.5 Å². The number of rotatable bonds is 4. The molecule has 0 aliphatic heterocycles. The molecule has 0 spiro atoms. The van der Waals surface area contributed by atoms with Crippen LogP contribution in [0.4, 0.5) is 0 Å². The highest BCUT2D eigenvalue weighted by atomic mass is 14.5. The van der Waals surface area contributed by atoms with Crippen LogP contribution < -0.4 is 0 Å². The van der Waals surface area contributed by atoms with Gasteiger partial charge in [-0.2, -0.15) is 0 Å². The summed E-state index contributed by atoms with van der Waals surface area (Å²) in [4.78, 5) is 0. The molecular formula is C80H82. The van der Waals surface area contributed by atoms with E-state index in [9.17, 15) is 0 Å². The summed E-state index contributed by atoms with van der Waals surface area (Å²) in [6.07, 6.45) is 0. The molecule has 0 bridgehead atoms. The molecule has 0 unspecified atom stereocenters. The Morgan fingerprint density at radius 3 is 0.475 bits per heavy atom. The summed E-state index contributed by atoms with van der Waals surface area (Å²) < 4.78 is 0. The minimum atomic E-state index is -0.215. The highest BCUT2D eigenvalue weighted by Crippen LogP contribution is 2.58. The van der Waals surface area contributed by atoms with Crippen LogP contribution in [0.5, 0.6) is 0 Å². The van der Waals surface area contributed by atoms with Gasteiger partial charge in [0.2, 0.25) is 0 Å². The van der Waals surface area contributed by atoms with Crippen LogP contribution >= 0.6 is 0 Å². The molecule has 9 aromatic carbocycles. The summed E-state index contributed by atoms with van der Waals surface area (Å²) in [5.74, 6) is 0. The normalized spacial score (nSPS) is 18.9. The van der Waals surface area contributed by atoms with Crippen LogP contribution in [-0.4, -0.2) is 0 Å². The summed E-state index contributed by atoms with van der Waals surface area (Å²) >= 11 is 0. The Kier molecular flexibility index (Phi) is 11.0. The summed E-state index contributed by atoms with van der Waals surface area (Å²) in [6.45, 7) is 44.0. The van der Waals surface area contributed by atoms with Gasteiger partial charge in [-0.3, -0.25) is 0 Å². The van der Waals surface area contributed by atoms with Crippen LogP contribution in [0.3, 0.4) is 0 Å². The first-order valence-electron chi connectivity index (χ1n) is 29.8. The van der Waals surface area contributed by atoms with Crippen molar-refractivity contribution in [2.24, 2.45) is 0 Å². The molecule has 0 radical (unpaired) electrons. The smallest absolute Gasteiger partial charge is 0.0152 e. The first-order chi connectivity index (χ1) is 37.6. The minimum absolute atomic E-state index is 0.159. The van der Waals surface area contributed by atoms with E-state index in [1.54, 1.807) is 0 Å². The first-order valence-corrected chi connectivity index (χ1v) is 29.8. The van der Waals surface area contributed by atoms with Gasteiger partial charge in [-0.05, 0) is 183 Å². The second-order valence-electron chi connectivity index (χ2n) is 29.0. The van der Waals surface area contributed by atoms with Crippen molar-refractivity contribution in [1.29, 1.82) is 0 Å². The lowest BCUT2D eigenvalue weighted by Crippen LogP contribution is -2.36. The van der Waals surface area contributed by atoms with E-state index in [-0.39, 0.29) is 43.3 Å². The maximum absolute atomic E-state index is 2.61. The summed E-state index contributed by atoms with van der Waals surface area (Å²) in [5, 5.41) is 0. The van der Waals surface area contributed by atoms with Gasteiger partial charge in [0.05, 0.1) is 0 Å². The van der Waals surface area contributed by atoms with Gasteiger partial charge in [-0.25, -0.2) is 0 Å². The zero-order chi connectivity index (χ0) is 56.8. The maximum Gasteiger partial charge on any atom is 0.0152 e. The van der Waals surface area contributed by atoms with E-state index in [4.69, 9.17) is 0 Å². The van der Waals surface area contributed by atoms with Crippen molar-refractivity contribution in [3.63, 3.8) is 0 Å². The van der Waals surface area contributed by atoms with E-state index in [0.29, 0.717) is 0 Å². The fraction of sp³-hybridized carbons (Fsp3) is 0.325. The van der Waals surface area contributed by atoms with Crippen LogP contribution in [0.1, 0.15) is 211 Å². The molecule has 0 N–H and O–H groups in total. The molecule has 402 valence electrons. The van der Waals surface area contributed by atoms with Gasteiger partial charge in [-0.1, -0.05) is 256 Å². The minimum Gasteiger partial charge on any atom is -0.0619 e. The average Bonchev–Trinajstić information content (AvgIpc) is 3.57. The molecule has 13 rings (SSSR count). The molecule has 4 aliphatic carbocycles. The SMILES string of the molecule is Cc1c(-c2ccc3c(c2)C(C)(C)c2ccccc2C3(C)C)c(-c2ccc3c(c2)C(C)(C)c2ccccc2C3(C)C)c(C)c(-c2ccc3c(c2)C(C)(C)c2ccccc2C3(C)C)c1-c1ccc2c(c1)C(C)(C)c1ccccc1C2(C)C. The zero-order valence-corrected chi connectivity index (χ0v) is 51.2. The molecule has 80 heavy (non-hydrogen) atoms. The van der Waals surface area contributed by atoms with Crippen molar-refractivity contribution in [2.75, 3.05) is 0 Å². The summed E-state index contributed by atoms with van der Waals surface area (Å²) in [6, 6.07) is 67.2. The number of hydrogen-bond acceptors (Lipinski definition) is 0. The lowest BCUT2D eigenvalue weighted by atomic mass is 9.59. The third-order valence-corrected chi connectivity index (χ3v) is 21.7. The molecule has 0 amide bonds. The highest BCUT2D eigenvalue weighted by Gasteiger charge is 2.46. The first kappa shape index (κ1) is 52.4. The average molecular weight is 1040 g/mol. The lowest BCUT2D eigenvalue weighted by Gasteiger charge is -2.44. The molecule has 0 aromatic heterocycles. The van der Waals surface area contributed by atoms with E-state index in [1.807, 2.05) is 0 Å². The van der Waals surface area contributed by atoms with E-state index in [2.05, 4.69) is 294 Å². The third-order valence-electron chi connectivity index (χ3n) is 21.7. The van der Waals surface area contributed by atoms with Gasteiger partial charge in [0.1, 0.15) is 0 Å². The second-order valence-corrected chi connectivity index (χ2v) is 29.0. The molecule has 0 heteroatoms. The number of hydrogen-bond donors (Lipinski definition) is 0. The maximum atomic E-state index is 2.61. The summed E-state index contributed by atoms with van der Waals surface area (Å²) in [7, 11) is 0. The molecule has 0 heterocycles. The lowest BCUT2D eigenvalue weighted by molar-refractivity contribution is 0.520. The van der Waals surface area contributed by atoms with E-state index in [1.165, 1.54) is 145 Å². The predicted molar refractivity (Wildman–Crippen MR) is 340 cm³/mol. The van der Waals surface area contributed by atoms with E-state index >= 15 is 0 Å². The van der Waals surface area contributed by atoms with Crippen molar-refractivity contribution in [1.82, 2.24) is 0 Å². The molecule has 0 fully saturated rings. The molecule has 0 atom stereocenters. The Hall–Kier alpha value is -7.02. The Balaban J connectivity index is 1.16. The van der Waals surface area contributed by atoms with Gasteiger partial charge >= 0.3 is 0 Å². The zero-order valence-electron chi connectivity index (χ0n) is 51.2. The molecule has 0 saturated heterocycles. The van der Waals surface area contributed by atoms with Crippen molar-refractivity contribution in [2.45, 2.75) is 168 Å². The number of benzene rings is 9. The monoisotopic (exact) mass is 1040 g/mol. The molecule has 4 aliphatic rings. The predicted octanol–water partition coefficient (Wildman–Crippen LogP) is 20.8.